The largest absolute Gasteiger partial charge is 0.383 e. The molecule has 0 amide bonds. The molecule has 4 heteroatoms. The molecule has 1 rings (SSSR count). The molecule has 0 aliphatic heterocycles. The third kappa shape index (κ3) is 4.76. The second-order valence-electron chi connectivity index (χ2n) is 4.96. The van der Waals surface area contributed by atoms with Gasteiger partial charge in [0.05, 0.1) is 12.3 Å². The summed E-state index contributed by atoms with van der Waals surface area (Å²) in [6, 6.07) is 5.68. The molecule has 0 spiro atoms. The van der Waals surface area contributed by atoms with E-state index in [1.165, 1.54) is 0 Å². The fourth-order valence-electron chi connectivity index (χ4n) is 2.18. The molecule has 0 saturated carbocycles. The van der Waals surface area contributed by atoms with Crippen LogP contribution in [0.4, 0.5) is 10.1 Å². The molecule has 0 saturated heterocycles. The molecular weight excluding hydrogens is 255 g/mol. The van der Waals surface area contributed by atoms with Crippen LogP contribution in [0.25, 0.3) is 0 Å². The van der Waals surface area contributed by atoms with E-state index < -0.39 is 0 Å². The fraction of sp³-hybridized carbons (Fsp3) is 0.625. The Morgan fingerprint density at radius 3 is 2.65 bits per heavy atom. The summed E-state index contributed by atoms with van der Waals surface area (Å²) in [7, 11) is 1.66. The first-order chi connectivity index (χ1) is 9.63. The lowest BCUT2D eigenvalue weighted by molar-refractivity contribution is 0.205. The van der Waals surface area contributed by atoms with Crippen LogP contribution in [0.15, 0.2) is 18.2 Å². The summed E-state index contributed by atoms with van der Waals surface area (Å²) in [5.41, 5.74) is 1.64. The minimum absolute atomic E-state index is 0.161. The second-order valence-corrected chi connectivity index (χ2v) is 4.96. The highest BCUT2D eigenvalue weighted by molar-refractivity contribution is 5.49. The van der Waals surface area contributed by atoms with Gasteiger partial charge in [0, 0.05) is 26.2 Å². The third-order valence-corrected chi connectivity index (χ3v) is 3.46. The van der Waals surface area contributed by atoms with E-state index in [4.69, 9.17) is 4.74 Å². The molecule has 0 aliphatic carbocycles. The van der Waals surface area contributed by atoms with E-state index in [1.807, 2.05) is 24.0 Å². The predicted octanol–water partition coefficient (Wildman–Crippen LogP) is 3.36. The van der Waals surface area contributed by atoms with Crippen molar-refractivity contribution in [2.24, 2.45) is 0 Å². The number of methoxy groups -OCH3 is 1. The number of halogens is 1. The minimum atomic E-state index is -0.161. The Labute approximate surface area is 122 Å². The van der Waals surface area contributed by atoms with Crippen LogP contribution in [0.5, 0.6) is 0 Å². The molecule has 1 N–H and O–H groups in total. The topological polar surface area (TPSA) is 24.5 Å². The number of ether oxygens (including phenoxy) is 1. The number of hydrogen-bond acceptors (Lipinski definition) is 3. The van der Waals surface area contributed by atoms with Gasteiger partial charge in [0.1, 0.15) is 5.82 Å². The molecule has 1 atom stereocenters. The maximum atomic E-state index is 14.3. The lowest BCUT2D eigenvalue weighted by atomic mass is 10.1. The monoisotopic (exact) mass is 282 g/mol. The first kappa shape index (κ1) is 16.9. The summed E-state index contributed by atoms with van der Waals surface area (Å²) in [5.74, 6) is -0.161. The Bertz CT molecular complexity index is 398. The summed E-state index contributed by atoms with van der Waals surface area (Å²) in [6.45, 7) is 9.22. The van der Waals surface area contributed by atoms with E-state index in [0.29, 0.717) is 18.8 Å². The number of nitrogens with zero attached hydrogens (tertiary/aromatic N) is 1. The maximum Gasteiger partial charge on any atom is 0.146 e. The van der Waals surface area contributed by atoms with Crippen molar-refractivity contribution in [2.75, 3.05) is 38.3 Å². The Hall–Kier alpha value is -1.13. The number of rotatable bonds is 9. The van der Waals surface area contributed by atoms with Gasteiger partial charge in [-0.1, -0.05) is 13.0 Å². The van der Waals surface area contributed by atoms with Crippen LogP contribution in [0.3, 0.4) is 0 Å². The van der Waals surface area contributed by atoms with Crippen LogP contribution in [0.1, 0.15) is 38.8 Å². The van der Waals surface area contributed by atoms with E-state index in [2.05, 4.69) is 19.2 Å². The van der Waals surface area contributed by atoms with Crippen LogP contribution in [0, 0.1) is 5.82 Å². The maximum absolute atomic E-state index is 14.3. The predicted molar refractivity (Wildman–Crippen MR) is 82.9 cm³/mol. The number of anilines is 1. The zero-order valence-electron chi connectivity index (χ0n) is 13.1. The number of nitrogens with one attached hydrogen (secondary N) is 1. The summed E-state index contributed by atoms with van der Waals surface area (Å²) < 4.78 is 19.4. The average Bonchev–Trinajstić information content (AvgIpc) is 2.46. The van der Waals surface area contributed by atoms with Crippen LogP contribution in [-0.4, -0.2) is 33.4 Å². The number of benzene rings is 1. The highest BCUT2D eigenvalue weighted by Crippen LogP contribution is 2.23. The first-order valence-corrected chi connectivity index (χ1v) is 7.40. The lowest BCUT2D eigenvalue weighted by Crippen LogP contribution is -2.28. The molecule has 3 nitrogen and oxygen atoms in total. The molecule has 1 unspecified atom stereocenters. The molecule has 0 radical (unpaired) electrons. The van der Waals surface area contributed by atoms with E-state index in [0.717, 1.165) is 25.1 Å². The lowest BCUT2D eigenvalue weighted by Gasteiger charge is -2.24. The molecule has 20 heavy (non-hydrogen) atoms. The molecule has 0 aliphatic rings. The van der Waals surface area contributed by atoms with Crippen molar-refractivity contribution in [1.29, 1.82) is 0 Å². The van der Waals surface area contributed by atoms with Gasteiger partial charge in [0.2, 0.25) is 0 Å². The molecule has 0 fully saturated rings. The summed E-state index contributed by atoms with van der Waals surface area (Å²) in [4.78, 5) is 1.99. The van der Waals surface area contributed by atoms with E-state index in [-0.39, 0.29) is 11.9 Å². The van der Waals surface area contributed by atoms with E-state index in [1.54, 1.807) is 13.2 Å². The van der Waals surface area contributed by atoms with Gasteiger partial charge in [-0.25, -0.2) is 4.39 Å². The van der Waals surface area contributed by atoms with Crippen molar-refractivity contribution < 1.29 is 9.13 Å². The zero-order valence-corrected chi connectivity index (χ0v) is 13.1. The van der Waals surface area contributed by atoms with E-state index in [9.17, 15) is 4.39 Å². The number of likely N-dealkylation sites (N-methyl/N-ethyl adjacent to an activating group) is 1. The standard InChI is InChI=1S/C16H27FN2O/c1-5-9-18-13(3)14-7-8-16(15(17)12-14)19(6-2)10-11-20-4/h7-8,12-13,18H,5-6,9-11H2,1-4H3. The summed E-state index contributed by atoms with van der Waals surface area (Å²) in [5, 5.41) is 3.37. The molecule has 0 aromatic heterocycles. The van der Waals surface area contributed by atoms with Gasteiger partial charge in [-0.2, -0.15) is 0 Å². The van der Waals surface area contributed by atoms with Crippen molar-refractivity contribution in [3.8, 4) is 0 Å². The van der Waals surface area contributed by atoms with Crippen LogP contribution in [-0.2, 0) is 4.74 Å². The molecule has 114 valence electrons. The second kappa shape index (κ2) is 8.93. The molecular formula is C16H27FN2O. The van der Waals surface area contributed by atoms with Gasteiger partial charge in [-0.3, -0.25) is 0 Å². The summed E-state index contributed by atoms with van der Waals surface area (Å²) in [6.07, 6.45) is 1.07. The smallest absolute Gasteiger partial charge is 0.146 e. The Balaban J connectivity index is 2.80. The zero-order chi connectivity index (χ0) is 15.0. The van der Waals surface area contributed by atoms with Gasteiger partial charge in [-0.05, 0) is 44.5 Å². The average molecular weight is 282 g/mol. The highest BCUT2D eigenvalue weighted by Gasteiger charge is 2.12. The Kier molecular flexibility index (Phi) is 7.55. The van der Waals surface area contributed by atoms with Crippen molar-refractivity contribution in [1.82, 2.24) is 5.32 Å². The van der Waals surface area contributed by atoms with Crippen LogP contribution < -0.4 is 10.2 Å². The Morgan fingerprint density at radius 2 is 2.10 bits per heavy atom. The Morgan fingerprint density at radius 1 is 1.35 bits per heavy atom. The van der Waals surface area contributed by atoms with E-state index >= 15 is 0 Å². The molecule has 1 aromatic rings. The van der Waals surface area contributed by atoms with Crippen LogP contribution >= 0.6 is 0 Å². The molecule has 1 aromatic carbocycles. The minimum Gasteiger partial charge on any atom is -0.383 e. The third-order valence-electron chi connectivity index (χ3n) is 3.46. The first-order valence-electron chi connectivity index (χ1n) is 7.40. The van der Waals surface area contributed by atoms with Gasteiger partial charge < -0.3 is 15.0 Å². The van der Waals surface area contributed by atoms with Gasteiger partial charge in [0.15, 0.2) is 0 Å². The summed E-state index contributed by atoms with van der Waals surface area (Å²) >= 11 is 0. The van der Waals surface area contributed by atoms with Gasteiger partial charge in [-0.15, -0.1) is 0 Å². The van der Waals surface area contributed by atoms with Gasteiger partial charge in [0.25, 0.3) is 0 Å². The SMILES string of the molecule is CCCNC(C)c1ccc(N(CC)CCOC)c(F)c1. The van der Waals surface area contributed by atoms with Crippen molar-refractivity contribution in [3.63, 3.8) is 0 Å². The fourth-order valence-corrected chi connectivity index (χ4v) is 2.18. The quantitative estimate of drug-likeness (QED) is 0.751. The molecule has 0 heterocycles. The number of hydrogen-bond donors (Lipinski definition) is 1. The van der Waals surface area contributed by atoms with Crippen molar-refractivity contribution >= 4 is 5.69 Å². The van der Waals surface area contributed by atoms with Gasteiger partial charge >= 0.3 is 0 Å². The van der Waals surface area contributed by atoms with Crippen LogP contribution in [0.2, 0.25) is 0 Å². The highest BCUT2D eigenvalue weighted by atomic mass is 19.1. The van der Waals surface area contributed by atoms with Crippen molar-refractivity contribution in [2.45, 2.75) is 33.2 Å². The molecule has 0 bridgehead atoms. The van der Waals surface area contributed by atoms with Crippen molar-refractivity contribution in [3.05, 3.63) is 29.6 Å². The normalized spacial score (nSPS) is 12.4.